The Morgan fingerprint density at radius 3 is 2.67 bits per heavy atom. The number of rotatable bonds is 3. The van der Waals surface area contributed by atoms with Crippen LogP contribution in [0, 0.1) is 5.92 Å². The van der Waals surface area contributed by atoms with E-state index in [4.69, 9.17) is 21.4 Å². The molecule has 0 aromatic heterocycles. The fourth-order valence-electron chi connectivity index (χ4n) is 1.58. The van der Waals surface area contributed by atoms with Gasteiger partial charge in [-0.15, -0.1) is 0 Å². The SMILES string of the molecule is O=C(O)[C@H]1C[C@H](Oc2ccccc2Cl)C1. The Morgan fingerprint density at radius 2 is 2.07 bits per heavy atom. The molecule has 1 aliphatic rings. The largest absolute Gasteiger partial charge is 0.489 e. The second kappa shape index (κ2) is 4.11. The molecule has 0 aliphatic heterocycles. The summed E-state index contributed by atoms with van der Waals surface area (Å²) in [5.41, 5.74) is 0. The van der Waals surface area contributed by atoms with Gasteiger partial charge in [0.1, 0.15) is 11.9 Å². The lowest BCUT2D eigenvalue weighted by atomic mass is 9.82. The van der Waals surface area contributed by atoms with Gasteiger partial charge in [0, 0.05) is 0 Å². The zero-order chi connectivity index (χ0) is 10.8. The zero-order valence-corrected chi connectivity index (χ0v) is 8.78. The predicted octanol–water partition coefficient (Wildman–Crippen LogP) is 2.58. The molecule has 3 nitrogen and oxygen atoms in total. The Labute approximate surface area is 92.6 Å². The molecule has 1 saturated carbocycles. The van der Waals surface area contributed by atoms with E-state index in [0.29, 0.717) is 23.6 Å². The lowest BCUT2D eigenvalue weighted by Crippen LogP contribution is -2.38. The van der Waals surface area contributed by atoms with Crippen LogP contribution in [0.4, 0.5) is 0 Å². The first-order valence-corrected chi connectivity index (χ1v) is 5.18. The average molecular weight is 227 g/mol. The van der Waals surface area contributed by atoms with E-state index in [0.717, 1.165) is 0 Å². The molecule has 1 aliphatic carbocycles. The van der Waals surface area contributed by atoms with Crippen molar-refractivity contribution in [2.24, 2.45) is 5.92 Å². The van der Waals surface area contributed by atoms with Crippen LogP contribution in [0.25, 0.3) is 0 Å². The number of hydrogen-bond donors (Lipinski definition) is 1. The molecule has 1 fully saturated rings. The summed E-state index contributed by atoms with van der Waals surface area (Å²) in [6.45, 7) is 0. The summed E-state index contributed by atoms with van der Waals surface area (Å²) in [4.78, 5) is 10.6. The van der Waals surface area contributed by atoms with Gasteiger partial charge in [-0.3, -0.25) is 4.79 Å². The van der Waals surface area contributed by atoms with Crippen molar-refractivity contribution in [3.05, 3.63) is 29.3 Å². The van der Waals surface area contributed by atoms with Crippen LogP contribution >= 0.6 is 11.6 Å². The third-order valence-corrected chi connectivity index (χ3v) is 2.89. The van der Waals surface area contributed by atoms with Crippen molar-refractivity contribution in [3.8, 4) is 5.75 Å². The van der Waals surface area contributed by atoms with E-state index in [1.54, 1.807) is 12.1 Å². The molecule has 0 spiro atoms. The van der Waals surface area contributed by atoms with E-state index in [9.17, 15) is 4.79 Å². The highest BCUT2D eigenvalue weighted by Crippen LogP contribution is 2.33. The van der Waals surface area contributed by atoms with E-state index in [-0.39, 0.29) is 12.0 Å². The van der Waals surface area contributed by atoms with Gasteiger partial charge in [0.25, 0.3) is 0 Å². The third-order valence-electron chi connectivity index (χ3n) is 2.57. The molecule has 0 saturated heterocycles. The van der Waals surface area contributed by atoms with E-state index >= 15 is 0 Å². The Morgan fingerprint density at radius 1 is 1.40 bits per heavy atom. The van der Waals surface area contributed by atoms with E-state index in [1.165, 1.54) is 0 Å². The van der Waals surface area contributed by atoms with Crippen LogP contribution in [-0.2, 0) is 4.79 Å². The van der Waals surface area contributed by atoms with Crippen LogP contribution in [0.3, 0.4) is 0 Å². The lowest BCUT2D eigenvalue weighted by molar-refractivity contribution is -0.147. The Bertz CT molecular complexity index is 372. The van der Waals surface area contributed by atoms with Gasteiger partial charge in [-0.1, -0.05) is 23.7 Å². The van der Waals surface area contributed by atoms with Crippen LogP contribution < -0.4 is 4.74 Å². The predicted molar refractivity (Wildman–Crippen MR) is 56.2 cm³/mol. The number of aliphatic carboxylic acids is 1. The lowest BCUT2D eigenvalue weighted by Gasteiger charge is -2.32. The molecular weight excluding hydrogens is 216 g/mol. The summed E-state index contributed by atoms with van der Waals surface area (Å²) >= 11 is 5.91. The van der Waals surface area contributed by atoms with Crippen LogP contribution in [0.15, 0.2) is 24.3 Å². The molecule has 2 rings (SSSR count). The maximum Gasteiger partial charge on any atom is 0.306 e. The summed E-state index contributed by atoms with van der Waals surface area (Å²) in [5, 5.41) is 9.26. The Hall–Kier alpha value is -1.22. The van der Waals surface area contributed by atoms with Crippen molar-refractivity contribution in [2.75, 3.05) is 0 Å². The van der Waals surface area contributed by atoms with Crippen LogP contribution in [0.2, 0.25) is 5.02 Å². The number of ether oxygens (including phenoxy) is 1. The van der Waals surface area contributed by atoms with Crippen LogP contribution in [0.1, 0.15) is 12.8 Å². The van der Waals surface area contributed by atoms with Crippen molar-refractivity contribution < 1.29 is 14.6 Å². The molecule has 0 bridgehead atoms. The second-order valence-electron chi connectivity index (χ2n) is 3.68. The molecular formula is C11H11ClO3. The minimum Gasteiger partial charge on any atom is -0.489 e. The van der Waals surface area contributed by atoms with Crippen molar-refractivity contribution in [2.45, 2.75) is 18.9 Å². The first-order valence-electron chi connectivity index (χ1n) is 4.81. The first kappa shape index (κ1) is 10.3. The molecule has 4 heteroatoms. The number of para-hydroxylation sites is 1. The quantitative estimate of drug-likeness (QED) is 0.862. The zero-order valence-electron chi connectivity index (χ0n) is 8.02. The molecule has 15 heavy (non-hydrogen) atoms. The van der Waals surface area contributed by atoms with Crippen molar-refractivity contribution in [1.29, 1.82) is 0 Å². The molecule has 0 heterocycles. The van der Waals surface area contributed by atoms with Gasteiger partial charge in [0.2, 0.25) is 0 Å². The standard InChI is InChI=1S/C11H11ClO3/c12-9-3-1-2-4-10(9)15-8-5-7(6-8)11(13)14/h1-4,7-8H,5-6H2,(H,13,14)/t7-,8-. The van der Waals surface area contributed by atoms with Gasteiger partial charge in [-0.2, -0.15) is 0 Å². The summed E-state index contributed by atoms with van der Waals surface area (Å²) < 4.78 is 5.57. The molecule has 0 unspecified atom stereocenters. The van der Waals surface area contributed by atoms with E-state index < -0.39 is 5.97 Å². The summed E-state index contributed by atoms with van der Waals surface area (Å²) in [6.07, 6.45) is 1.13. The van der Waals surface area contributed by atoms with Crippen LogP contribution in [0.5, 0.6) is 5.75 Å². The van der Waals surface area contributed by atoms with Crippen molar-refractivity contribution in [1.82, 2.24) is 0 Å². The highest BCUT2D eigenvalue weighted by Gasteiger charge is 2.36. The number of carboxylic acids is 1. The minimum absolute atomic E-state index is 0.00833. The van der Waals surface area contributed by atoms with Gasteiger partial charge < -0.3 is 9.84 Å². The highest BCUT2D eigenvalue weighted by molar-refractivity contribution is 6.32. The summed E-state index contributed by atoms with van der Waals surface area (Å²) in [5.74, 6) is -0.362. The molecule has 0 amide bonds. The maximum atomic E-state index is 10.6. The maximum absolute atomic E-state index is 10.6. The molecule has 0 atom stereocenters. The summed E-state index contributed by atoms with van der Waals surface area (Å²) in [7, 11) is 0. The Kier molecular flexibility index (Phi) is 2.82. The topological polar surface area (TPSA) is 46.5 Å². The number of halogens is 1. The third kappa shape index (κ3) is 2.23. The first-order chi connectivity index (χ1) is 7.16. The van der Waals surface area contributed by atoms with Crippen molar-refractivity contribution >= 4 is 17.6 Å². The van der Waals surface area contributed by atoms with Crippen LogP contribution in [-0.4, -0.2) is 17.2 Å². The van der Waals surface area contributed by atoms with Gasteiger partial charge >= 0.3 is 5.97 Å². The van der Waals surface area contributed by atoms with Gasteiger partial charge in [0.05, 0.1) is 10.9 Å². The van der Waals surface area contributed by atoms with Gasteiger partial charge in [-0.05, 0) is 25.0 Å². The van der Waals surface area contributed by atoms with Gasteiger partial charge in [0.15, 0.2) is 0 Å². The molecule has 1 N–H and O–H groups in total. The number of carboxylic acid groups (broad SMARTS) is 1. The molecule has 1 aromatic carbocycles. The minimum atomic E-state index is -0.742. The second-order valence-corrected chi connectivity index (χ2v) is 4.08. The normalized spacial score (nSPS) is 24.3. The molecule has 0 radical (unpaired) electrons. The number of hydrogen-bond acceptors (Lipinski definition) is 2. The molecule has 1 aromatic rings. The number of carbonyl (C=O) groups is 1. The highest BCUT2D eigenvalue weighted by atomic mass is 35.5. The fourth-order valence-corrected chi connectivity index (χ4v) is 1.76. The smallest absolute Gasteiger partial charge is 0.306 e. The van der Waals surface area contributed by atoms with E-state index in [2.05, 4.69) is 0 Å². The van der Waals surface area contributed by atoms with Gasteiger partial charge in [-0.25, -0.2) is 0 Å². The van der Waals surface area contributed by atoms with E-state index in [1.807, 2.05) is 12.1 Å². The van der Waals surface area contributed by atoms with Crippen molar-refractivity contribution in [3.63, 3.8) is 0 Å². The molecule has 80 valence electrons. The number of benzene rings is 1. The Balaban J connectivity index is 1.90. The average Bonchev–Trinajstić information content (AvgIpc) is 2.12. The summed E-state index contributed by atoms with van der Waals surface area (Å²) in [6, 6.07) is 7.21. The monoisotopic (exact) mass is 226 g/mol. The fraction of sp³-hybridized carbons (Fsp3) is 0.364.